The molecule has 0 spiro atoms. The standard InChI is InChI=1S/C23H21N3O6S/c24-16(13-6-2-1-3-7-13)19(27)25-17-20(28)26-18(23(31)32)15(11-33-21(17)26)10-12-5-4-8-14(9-12)22(29)30/h1-9,16-17,21H,10-11,24H2,(H,25,27)(H,29,30)(H,31,32)/t16-,17-,21-/m1/s1. The lowest BCUT2D eigenvalue weighted by Gasteiger charge is -2.49. The van der Waals surface area contributed by atoms with Crippen molar-refractivity contribution >= 4 is 35.5 Å². The highest BCUT2D eigenvalue weighted by molar-refractivity contribution is 8.00. The SMILES string of the molecule is N[C@@H](C(=O)N[C@@H]1C(=O)N2C(C(=O)O)=C(Cc3cccc(C(=O)O)c3)CS[C@H]12)c1ccccc1. The lowest BCUT2D eigenvalue weighted by molar-refractivity contribution is -0.150. The zero-order valence-corrected chi connectivity index (χ0v) is 18.1. The molecule has 0 saturated carbocycles. The summed E-state index contributed by atoms with van der Waals surface area (Å²) in [5.41, 5.74) is 7.73. The van der Waals surface area contributed by atoms with Crippen molar-refractivity contribution in [2.24, 2.45) is 5.73 Å². The van der Waals surface area contributed by atoms with Crippen LogP contribution in [0.5, 0.6) is 0 Å². The van der Waals surface area contributed by atoms with E-state index in [0.717, 1.165) is 0 Å². The summed E-state index contributed by atoms with van der Waals surface area (Å²) < 4.78 is 0. The first-order valence-electron chi connectivity index (χ1n) is 10.1. The number of nitrogens with two attached hydrogens (primary N) is 1. The number of hydrogen-bond acceptors (Lipinski definition) is 6. The van der Waals surface area contributed by atoms with E-state index in [4.69, 9.17) is 5.73 Å². The Morgan fingerprint density at radius 2 is 1.82 bits per heavy atom. The van der Waals surface area contributed by atoms with Gasteiger partial charge in [0, 0.05) is 5.75 Å². The molecule has 5 N–H and O–H groups in total. The van der Waals surface area contributed by atoms with E-state index in [2.05, 4.69) is 5.32 Å². The van der Waals surface area contributed by atoms with Crippen LogP contribution >= 0.6 is 11.8 Å². The van der Waals surface area contributed by atoms with E-state index in [1.165, 1.54) is 28.8 Å². The fourth-order valence-electron chi connectivity index (χ4n) is 3.93. The van der Waals surface area contributed by atoms with E-state index in [0.29, 0.717) is 22.5 Å². The molecule has 2 aromatic carbocycles. The zero-order chi connectivity index (χ0) is 23.7. The predicted octanol–water partition coefficient (Wildman–Crippen LogP) is 1.37. The highest BCUT2D eigenvalue weighted by Gasteiger charge is 2.54. The maximum atomic E-state index is 12.8. The first kappa shape index (κ1) is 22.6. The van der Waals surface area contributed by atoms with Crippen molar-refractivity contribution in [1.82, 2.24) is 10.2 Å². The van der Waals surface area contributed by atoms with Crippen molar-refractivity contribution in [2.75, 3.05) is 5.75 Å². The van der Waals surface area contributed by atoms with Gasteiger partial charge in [0.15, 0.2) is 0 Å². The van der Waals surface area contributed by atoms with Crippen molar-refractivity contribution in [2.45, 2.75) is 23.9 Å². The number of aliphatic carboxylic acids is 1. The number of carbonyl (C=O) groups is 4. The van der Waals surface area contributed by atoms with E-state index >= 15 is 0 Å². The number of carboxylic acid groups (broad SMARTS) is 2. The molecule has 170 valence electrons. The molecule has 0 bridgehead atoms. The Hall–Kier alpha value is -3.63. The Morgan fingerprint density at radius 3 is 2.48 bits per heavy atom. The van der Waals surface area contributed by atoms with Gasteiger partial charge in [-0.15, -0.1) is 11.8 Å². The number of amides is 2. The first-order chi connectivity index (χ1) is 15.8. The van der Waals surface area contributed by atoms with Crippen molar-refractivity contribution in [3.8, 4) is 0 Å². The third-order valence-corrected chi connectivity index (χ3v) is 6.92. The van der Waals surface area contributed by atoms with Gasteiger partial charge in [-0.3, -0.25) is 14.5 Å². The minimum atomic E-state index is -1.25. The van der Waals surface area contributed by atoms with Gasteiger partial charge in [-0.25, -0.2) is 9.59 Å². The number of hydrogen-bond donors (Lipinski definition) is 4. The maximum absolute atomic E-state index is 12.8. The minimum absolute atomic E-state index is 0.101. The normalized spacial score (nSPS) is 20.5. The Morgan fingerprint density at radius 1 is 1.09 bits per heavy atom. The van der Waals surface area contributed by atoms with Crippen LogP contribution in [-0.2, 0) is 20.8 Å². The third kappa shape index (κ3) is 4.35. The third-order valence-electron chi connectivity index (χ3n) is 5.58. The molecule has 2 aliphatic heterocycles. The summed E-state index contributed by atoms with van der Waals surface area (Å²) in [5.74, 6) is -3.03. The minimum Gasteiger partial charge on any atom is -0.478 e. The van der Waals surface area contributed by atoms with E-state index in [9.17, 15) is 29.4 Å². The summed E-state index contributed by atoms with van der Waals surface area (Å²) in [4.78, 5) is 49.8. The summed E-state index contributed by atoms with van der Waals surface area (Å²) in [7, 11) is 0. The number of thioether (sulfide) groups is 1. The molecule has 0 radical (unpaired) electrons. The van der Waals surface area contributed by atoms with Gasteiger partial charge >= 0.3 is 11.9 Å². The molecular weight excluding hydrogens is 446 g/mol. The van der Waals surface area contributed by atoms with Gasteiger partial charge in [-0.2, -0.15) is 0 Å². The number of aromatic carboxylic acids is 1. The summed E-state index contributed by atoms with van der Waals surface area (Å²) in [5, 5.41) is 21.1. The molecule has 1 fully saturated rings. The molecule has 1 saturated heterocycles. The van der Waals surface area contributed by atoms with Gasteiger partial charge in [0.1, 0.15) is 23.2 Å². The second-order valence-corrected chi connectivity index (χ2v) is 8.83. The van der Waals surface area contributed by atoms with Crippen LogP contribution in [0, 0.1) is 0 Å². The number of nitrogens with one attached hydrogen (secondary N) is 1. The molecule has 2 heterocycles. The van der Waals surface area contributed by atoms with Gasteiger partial charge in [0.2, 0.25) is 5.91 Å². The summed E-state index contributed by atoms with van der Waals surface area (Å²) in [6.45, 7) is 0. The molecule has 4 rings (SSSR count). The van der Waals surface area contributed by atoms with Crippen molar-refractivity contribution in [3.05, 3.63) is 82.6 Å². The highest BCUT2D eigenvalue weighted by atomic mass is 32.2. The lowest BCUT2D eigenvalue weighted by atomic mass is 9.97. The Labute approximate surface area is 193 Å². The van der Waals surface area contributed by atoms with E-state index < -0.39 is 41.2 Å². The number of fused-ring (bicyclic) bond motifs is 1. The predicted molar refractivity (Wildman–Crippen MR) is 120 cm³/mol. The average Bonchev–Trinajstić information content (AvgIpc) is 2.82. The Bertz CT molecular complexity index is 1170. The molecule has 0 unspecified atom stereocenters. The molecular formula is C23H21N3O6S. The molecule has 10 heteroatoms. The van der Waals surface area contributed by atoms with Crippen LogP contribution in [0.2, 0.25) is 0 Å². The fraction of sp³-hybridized carbons (Fsp3) is 0.217. The Balaban J connectivity index is 1.51. The van der Waals surface area contributed by atoms with Crippen LogP contribution in [0.15, 0.2) is 65.9 Å². The maximum Gasteiger partial charge on any atom is 0.352 e. The van der Waals surface area contributed by atoms with Crippen molar-refractivity contribution in [1.29, 1.82) is 0 Å². The van der Waals surface area contributed by atoms with E-state index in [1.807, 2.05) is 0 Å². The molecule has 2 aromatic rings. The van der Waals surface area contributed by atoms with Gasteiger partial charge in [0.05, 0.1) is 5.56 Å². The number of β-lactam (4-membered cyclic amide) rings is 1. The number of benzene rings is 2. The molecule has 33 heavy (non-hydrogen) atoms. The second-order valence-electron chi connectivity index (χ2n) is 7.72. The van der Waals surface area contributed by atoms with Crippen molar-refractivity contribution in [3.63, 3.8) is 0 Å². The molecule has 2 aliphatic rings. The van der Waals surface area contributed by atoms with Crippen LogP contribution in [0.4, 0.5) is 0 Å². The smallest absolute Gasteiger partial charge is 0.352 e. The molecule has 9 nitrogen and oxygen atoms in total. The van der Waals surface area contributed by atoms with Gasteiger partial charge in [-0.1, -0.05) is 42.5 Å². The van der Waals surface area contributed by atoms with E-state index in [-0.39, 0.29) is 17.7 Å². The molecule has 0 aromatic heterocycles. The topological polar surface area (TPSA) is 150 Å². The average molecular weight is 468 g/mol. The summed E-state index contributed by atoms with van der Waals surface area (Å²) in [6, 6.07) is 13.2. The highest BCUT2D eigenvalue weighted by Crippen LogP contribution is 2.41. The molecule has 2 amide bonds. The quantitative estimate of drug-likeness (QED) is 0.446. The number of carbonyl (C=O) groups excluding carboxylic acids is 2. The number of nitrogens with zero attached hydrogens (tertiary/aromatic N) is 1. The first-order valence-corrected chi connectivity index (χ1v) is 11.2. The molecule has 3 atom stereocenters. The number of carboxylic acids is 2. The van der Waals surface area contributed by atoms with Gasteiger partial charge in [-0.05, 0) is 35.3 Å². The van der Waals surface area contributed by atoms with Crippen LogP contribution < -0.4 is 11.1 Å². The van der Waals surface area contributed by atoms with Crippen LogP contribution in [-0.4, -0.2) is 56.0 Å². The van der Waals surface area contributed by atoms with Crippen molar-refractivity contribution < 1.29 is 29.4 Å². The summed E-state index contributed by atoms with van der Waals surface area (Å²) in [6.07, 6.45) is 0.197. The molecule has 0 aliphatic carbocycles. The van der Waals surface area contributed by atoms with Gasteiger partial charge in [0.25, 0.3) is 5.91 Å². The lowest BCUT2D eigenvalue weighted by Crippen LogP contribution is -2.71. The Kier molecular flexibility index (Phi) is 6.21. The number of rotatable bonds is 7. The largest absolute Gasteiger partial charge is 0.478 e. The monoisotopic (exact) mass is 467 g/mol. The zero-order valence-electron chi connectivity index (χ0n) is 17.3. The van der Waals surface area contributed by atoms with Crippen LogP contribution in [0.3, 0.4) is 0 Å². The summed E-state index contributed by atoms with van der Waals surface area (Å²) >= 11 is 1.35. The van der Waals surface area contributed by atoms with Crippen LogP contribution in [0.1, 0.15) is 27.5 Å². The van der Waals surface area contributed by atoms with Gasteiger partial charge < -0.3 is 21.3 Å². The fourth-order valence-corrected chi connectivity index (χ4v) is 5.28. The second kappa shape index (κ2) is 9.08. The van der Waals surface area contributed by atoms with E-state index in [1.54, 1.807) is 42.5 Å². The van der Waals surface area contributed by atoms with Crippen LogP contribution in [0.25, 0.3) is 0 Å².